The van der Waals surface area contributed by atoms with Crippen molar-refractivity contribution >= 4 is 23.5 Å². The zero-order valence-corrected chi connectivity index (χ0v) is 18.3. The number of benzene rings is 3. The van der Waals surface area contributed by atoms with E-state index in [1.807, 2.05) is 74.5 Å². The van der Waals surface area contributed by atoms with Crippen LogP contribution in [0.4, 0.5) is 5.69 Å². The highest BCUT2D eigenvalue weighted by Gasteiger charge is 2.20. The van der Waals surface area contributed by atoms with E-state index in [1.54, 1.807) is 12.1 Å². The van der Waals surface area contributed by atoms with Gasteiger partial charge in [-0.1, -0.05) is 60.7 Å². The van der Waals surface area contributed by atoms with Crippen molar-refractivity contribution in [1.29, 1.82) is 0 Å². The second kappa shape index (κ2) is 10.4. The lowest BCUT2D eigenvalue weighted by Gasteiger charge is -2.15. The summed E-state index contributed by atoms with van der Waals surface area (Å²) in [5.41, 5.74) is 4.96. The monoisotopic (exact) mass is 430 g/mol. The Labute approximate surface area is 187 Å². The second-order valence-corrected chi connectivity index (χ2v) is 7.52. The third kappa shape index (κ3) is 5.82. The van der Waals surface area contributed by atoms with Crippen LogP contribution in [-0.4, -0.2) is 30.4 Å². The van der Waals surface area contributed by atoms with Crippen LogP contribution in [0.2, 0.25) is 0 Å². The number of amides is 2. The average molecular weight is 431 g/mol. The number of carbonyl (C=O) groups excluding carboxylic acids is 3. The number of rotatable bonds is 7. The first kappa shape index (κ1) is 22.7. The van der Waals surface area contributed by atoms with Crippen molar-refractivity contribution in [3.63, 3.8) is 0 Å². The van der Waals surface area contributed by atoms with Gasteiger partial charge >= 0.3 is 5.97 Å². The third-order valence-corrected chi connectivity index (χ3v) is 5.05. The van der Waals surface area contributed by atoms with E-state index in [4.69, 9.17) is 4.74 Å². The Kier molecular flexibility index (Phi) is 7.39. The van der Waals surface area contributed by atoms with Gasteiger partial charge in [-0.3, -0.25) is 9.59 Å². The Morgan fingerprint density at radius 1 is 0.812 bits per heavy atom. The molecule has 3 aromatic rings. The van der Waals surface area contributed by atoms with Crippen LogP contribution in [0.15, 0.2) is 72.8 Å². The molecule has 164 valence electrons. The highest BCUT2D eigenvalue weighted by molar-refractivity contribution is 5.97. The van der Waals surface area contributed by atoms with Gasteiger partial charge in [0, 0.05) is 5.69 Å². The molecule has 0 spiro atoms. The predicted octanol–water partition coefficient (Wildman–Crippen LogP) is 4.27. The maximum absolute atomic E-state index is 12.4. The minimum atomic E-state index is -1.04. The van der Waals surface area contributed by atoms with Crippen molar-refractivity contribution in [3.05, 3.63) is 89.5 Å². The molecule has 1 unspecified atom stereocenters. The van der Waals surface area contributed by atoms with Crippen LogP contribution in [0.3, 0.4) is 0 Å². The van der Waals surface area contributed by atoms with Gasteiger partial charge in [-0.15, -0.1) is 0 Å². The van der Waals surface area contributed by atoms with Gasteiger partial charge in [0.05, 0.1) is 12.1 Å². The Morgan fingerprint density at radius 3 is 2.03 bits per heavy atom. The summed E-state index contributed by atoms with van der Waals surface area (Å²) in [6.45, 7) is 5.04. The molecule has 6 nitrogen and oxygen atoms in total. The molecule has 0 aliphatic heterocycles. The second-order valence-electron chi connectivity index (χ2n) is 7.52. The zero-order valence-electron chi connectivity index (χ0n) is 18.3. The van der Waals surface area contributed by atoms with Crippen molar-refractivity contribution in [3.8, 4) is 11.1 Å². The normalized spacial score (nSPS) is 11.3. The quantitative estimate of drug-likeness (QED) is 0.548. The molecule has 32 heavy (non-hydrogen) atoms. The fourth-order valence-corrected chi connectivity index (χ4v) is 3.22. The minimum absolute atomic E-state index is 0.222. The lowest BCUT2D eigenvalue weighted by molar-refractivity contribution is -0.130. The summed E-state index contributed by atoms with van der Waals surface area (Å²) in [5, 5.41) is 5.30. The van der Waals surface area contributed by atoms with E-state index in [0.29, 0.717) is 5.56 Å². The van der Waals surface area contributed by atoms with Crippen LogP contribution in [0, 0.1) is 13.8 Å². The molecule has 0 radical (unpaired) electrons. The van der Waals surface area contributed by atoms with Crippen molar-refractivity contribution in [2.45, 2.75) is 26.9 Å². The fourth-order valence-electron chi connectivity index (χ4n) is 3.22. The molecule has 0 saturated carbocycles. The number of para-hydroxylation sites is 1. The first-order valence-corrected chi connectivity index (χ1v) is 10.4. The van der Waals surface area contributed by atoms with E-state index in [0.717, 1.165) is 27.9 Å². The number of carbonyl (C=O) groups is 3. The molecule has 1 atom stereocenters. The number of hydrogen-bond acceptors (Lipinski definition) is 4. The lowest BCUT2D eigenvalue weighted by atomic mass is 10.0. The van der Waals surface area contributed by atoms with Crippen LogP contribution < -0.4 is 10.6 Å². The Bertz CT molecular complexity index is 1090. The molecule has 0 aliphatic rings. The molecule has 0 aromatic heterocycles. The SMILES string of the molecule is Cc1cccc(C)c1NC(=O)CNC(=O)C(C)OC(=O)c1ccc(-c2ccccc2)cc1. The number of anilines is 1. The van der Waals surface area contributed by atoms with Crippen molar-refractivity contribution < 1.29 is 19.1 Å². The largest absolute Gasteiger partial charge is 0.449 e. The minimum Gasteiger partial charge on any atom is -0.449 e. The molecule has 2 amide bonds. The maximum atomic E-state index is 12.4. The first-order chi connectivity index (χ1) is 15.3. The molecule has 3 aromatic carbocycles. The van der Waals surface area contributed by atoms with E-state index in [9.17, 15) is 14.4 Å². The highest BCUT2D eigenvalue weighted by Crippen LogP contribution is 2.20. The maximum Gasteiger partial charge on any atom is 0.338 e. The first-order valence-electron chi connectivity index (χ1n) is 10.4. The summed E-state index contributed by atoms with van der Waals surface area (Å²) >= 11 is 0. The highest BCUT2D eigenvalue weighted by atomic mass is 16.5. The van der Waals surface area contributed by atoms with Crippen LogP contribution in [0.5, 0.6) is 0 Å². The molecule has 3 rings (SSSR count). The van der Waals surface area contributed by atoms with Crippen LogP contribution >= 0.6 is 0 Å². The van der Waals surface area contributed by atoms with Gasteiger partial charge in [0.25, 0.3) is 5.91 Å². The van der Waals surface area contributed by atoms with Gasteiger partial charge in [0.1, 0.15) is 0 Å². The Hall–Kier alpha value is -3.93. The zero-order chi connectivity index (χ0) is 23.1. The molecule has 6 heteroatoms. The van der Waals surface area contributed by atoms with Crippen molar-refractivity contribution in [2.24, 2.45) is 0 Å². The van der Waals surface area contributed by atoms with Gasteiger partial charge in [0.2, 0.25) is 5.91 Å². The fraction of sp³-hybridized carbons (Fsp3) is 0.192. The molecule has 0 bridgehead atoms. The van der Waals surface area contributed by atoms with Gasteiger partial charge < -0.3 is 15.4 Å². The molecule has 0 heterocycles. The van der Waals surface area contributed by atoms with Crippen LogP contribution in [0.25, 0.3) is 11.1 Å². The smallest absolute Gasteiger partial charge is 0.338 e. The van der Waals surface area contributed by atoms with E-state index in [-0.39, 0.29) is 12.5 Å². The molecular formula is C26H26N2O4. The molecule has 0 fully saturated rings. The summed E-state index contributed by atoms with van der Waals surface area (Å²) in [5.74, 6) is -1.51. The number of hydrogen-bond donors (Lipinski definition) is 2. The van der Waals surface area contributed by atoms with Gasteiger partial charge in [0.15, 0.2) is 6.10 Å². The number of aryl methyl sites for hydroxylation is 2. The van der Waals surface area contributed by atoms with Crippen molar-refractivity contribution in [1.82, 2.24) is 5.32 Å². The summed E-state index contributed by atoms with van der Waals surface area (Å²) in [7, 11) is 0. The Morgan fingerprint density at radius 2 is 1.41 bits per heavy atom. The van der Waals surface area contributed by atoms with E-state index < -0.39 is 18.0 Å². The Balaban J connectivity index is 1.50. The van der Waals surface area contributed by atoms with Crippen LogP contribution in [0.1, 0.15) is 28.4 Å². The van der Waals surface area contributed by atoms with Gasteiger partial charge in [-0.25, -0.2) is 4.79 Å². The van der Waals surface area contributed by atoms with Crippen LogP contribution in [-0.2, 0) is 14.3 Å². The molecule has 0 aliphatic carbocycles. The number of ether oxygens (including phenoxy) is 1. The van der Waals surface area contributed by atoms with Gasteiger partial charge in [-0.2, -0.15) is 0 Å². The third-order valence-electron chi connectivity index (χ3n) is 5.05. The van der Waals surface area contributed by atoms with Crippen molar-refractivity contribution in [2.75, 3.05) is 11.9 Å². The summed E-state index contributed by atoms with van der Waals surface area (Å²) in [6, 6.07) is 22.5. The summed E-state index contributed by atoms with van der Waals surface area (Å²) < 4.78 is 5.25. The van der Waals surface area contributed by atoms with E-state index in [2.05, 4.69) is 10.6 Å². The number of esters is 1. The van der Waals surface area contributed by atoms with E-state index in [1.165, 1.54) is 6.92 Å². The van der Waals surface area contributed by atoms with Gasteiger partial charge in [-0.05, 0) is 55.2 Å². The molecular weight excluding hydrogens is 404 g/mol. The predicted molar refractivity (Wildman–Crippen MR) is 124 cm³/mol. The van der Waals surface area contributed by atoms with E-state index >= 15 is 0 Å². The topological polar surface area (TPSA) is 84.5 Å². The standard InChI is InChI=1S/C26H26N2O4/c1-17-8-7-9-18(2)24(17)28-23(29)16-27-25(30)19(3)32-26(31)22-14-12-21(13-15-22)20-10-5-4-6-11-20/h4-15,19H,16H2,1-3H3,(H,27,30)(H,28,29). The lowest BCUT2D eigenvalue weighted by Crippen LogP contribution is -2.40. The summed E-state index contributed by atoms with van der Waals surface area (Å²) in [6.07, 6.45) is -1.04. The average Bonchev–Trinajstić information content (AvgIpc) is 2.80. The molecule has 0 saturated heterocycles. The number of nitrogens with one attached hydrogen (secondary N) is 2. The molecule has 2 N–H and O–H groups in total. The summed E-state index contributed by atoms with van der Waals surface area (Å²) in [4.78, 5) is 36.9.